The maximum absolute atomic E-state index is 13.1. The summed E-state index contributed by atoms with van der Waals surface area (Å²) in [4.78, 5) is 0.175. The number of ether oxygens (including phenoxy) is 10. The first-order valence-corrected chi connectivity index (χ1v) is 49.9. The van der Waals surface area contributed by atoms with Gasteiger partial charge in [-0.1, -0.05) is 220 Å². The van der Waals surface area contributed by atoms with Gasteiger partial charge in [0.05, 0.1) is 65.5 Å². The van der Waals surface area contributed by atoms with E-state index in [1.165, 1.54) is 64.7 Å². The van der Waals surface area contributed by atoms with Crippen LogP contribution in [0.5, 0.6) is 57.5 Å². The van der Waals surface area contributed by atoms with Gasteiger partial charge < -0.3 is 93.2 Å². The molecule has 0 aliphatic rings. The van der Waals surface area contributed by atoms with Crippen LogP contribution in [0.3, 0.4) is 0 Å². The highest BCUT2D eigenvalue weighted by Gasteiger charge is 2.36. The summed E-state index contributed by atoms with van der Waals surface area (Å²) in [5.41, 5.74) is 47.5. The number of nitrogens with zero attached hydrogens (tertiary/aromatic N) is 3. The van der Waals surface area contributed by atoms with Crippen LogP contribution < -0.4 is 93.2 Å². The molecule has 0 aliphatic heterocycles. The number of alkyl halides is 9. The van der Waals surface area contributed by atoms with E-state index >= 15 is 0 Å². The van der Waals surface area contributed by atoms with Crippen LogP contribution in [-0.4, -0.2) is 145 Å². The number of halogens is 11. The number of H-pyrrole nitrogens is 1. The first kappa shape index (κ1) is 131. The van der Waals surface area contributed by atoms with E-state index in [9.17, 15) is 43.9 Å². The zero-order valence-electron chi connectivity index (χ0n) is 89.9. The number of aryl methyl sites for hydroxylation is 1. The highest BCUT2D eigenvalue weighted by molar-refractivity contribution is 8.00. The third-order valence-corrected chi connectivity index (χ3v) is 21.7. The summed E-state index contributed by atoms with van der Waals surface area (Å²) in [6, 6.07) is 41.2. The van der Waals surface area contributed by atoms with Crippen molar-refractivity contribution in [3.8, 4) is 68.9 Å². The van der Waals surface area contributed by atoms with Gasteiger partial charge in [-0.25, -0.2) is 4.39 Å². The number of hydrogen-bond acceptors (Lipinski definition) is 22. The Morgan fingerprint density at radius 2 is 0.632 bits per heavy atom. The summed E-state index contributed by atoms with van der Waals surface area (Å²) in [6.45, 7) is 60.6. The van der Waals surface area contributed by atoms with Crippen molar-refractivity contribution in [2.45, 2.75) is 291 Å². The fourth-order valence-corrected chi connectivity index (χ4v) is 14.0. The van der Waals surface area contributed by atoms with Crippen LogP contribution in [0.15, 0.2) is 150 Å². The second-order valence-electron chi connectivity index (χ2n) is 42.1. The maximum atomic E-state index is 13.1. The first-order chi connectivity index (χ1) is 66.8. The Kier molecular flexibility index (Phi) is 56.1. The van der Waals surface area contributed by atoms with Crippen molar-refractivity contribution in [3.05, 3.63) is 212 Å². The SMILES string of the molecule is CC(C)(C)c1cc(C(F)(F)F)ccc1OCCCN.CC(C)(C)c1cc(OC(F)(F)F)ccc1OCCCN.CC(C)(C)c1cc(SC(F)(F)F)ccc1OCCCN.CC(C)(C)c1ccc(-c2nn[nH]n2)cc1OCCCN.CC(C)(C)c1ccc(Cl)cc1OCCCN.CC(C)(C)c1ccc(F)cc1OCCCN.COc1ccc(C(C)(C)C)c(OCCCN)c1.Cc1ccc(C(C)(C)C)c(OCCCN)c1. The van der Waals surface area contributed by atoms with E-state index in [2.05, 4.69) is 166 Å². The van der Waals surface area contributed by atoms with Gasteiger partial charge in [0.25, 0.3) is 0 Å². The summed E-state index contributed by atoms with van der Waals surface area (Å²) < 4.78 is 180. The van der Waals surface area contributed by atoms with Crippen LogP contribution in [0.2, 0.25) is 5.02 Å². The maximum Gasteiger partial charge on any atom is 0.573 e. The minimum absolute atomic E-state index is 0.00777. The molecule has 9 aromatic rings. The molecule has 810 valence electrons. The lowest BCUT2D eigenvalue weighted by atomic mass is 9.85. The largest absolute Gasteiger partial charge is 0.573 e. The van der Waals surface area contributed by atoms with Crippen molar-refractivity contribution >= 4 is 23.4 Å². The average Bonchev–Trinajstić information content (AvgIpc) is 1.18. The van der Waals surface area contributed by atoms with Crippen LogP contribution in [-0.2, 0) is 49.5 Å². The lowest BCUT2D eigenvalue weighted by Crippen LogP contribution is -2.19. The molecule has 0 unspecified atom stereocenters. The zero-order valence-corrected chi connectivity index (χ0v) is 91.5. The standard InChI is InChI=1S/C14H20F3NO2.C14H20F3NOS.C14H20F3NO.C14H21N5O.C14H23NO2.C14H23NO.C13H20ClNO.C13H20FNO/c2*1-13(2,3)11-9-10(20-14(15,16)17)5-6-12(11)19-8-4-7-18;1-13(2,3)11-9-10(14(15,16)17)5-6-12(11)19-8-4-7-18;1-14(2,3)11-6-5-10(13-16-18-19-17-13)9-12(11)20-8-4-7-15;1-14(2,3)12-7-6-11(16-4)10-13(12)17-9-5-8-15;1-11-6-7-12(14(2,3)4)13(10-11)16-9-5-8-15;2*1-13(2,3)11-6-5-10(14)9-12(11)16-8-4-7-15/h2*5-6,9H,4,7-8,18H2,1-3H3;5-6,9H,4,7-8,18H2,1-3H3;5-6,9H,4,7-8,15H2,1-3H3,(H,16,17,18,19);6-7,10H,5,8-9,15H2,1-4H3;6-7,10H,5,8-9,15H2,1-4H3;2*5-6,9H,4,7-8,15H2,1-3H3. The van der Waals surface area contributed by atoms with Gasteiger partial charge in [0.15, 0.2) is 0 Å². The van der Waals surface area contributed by atoms with Gasteiger partial charge in [0.2, 0.25) is 5.82 Å². The average molecular weight is 2080 g/mol. The number of methoxy groups -OCH3 is 1. The molecule has 0 radical (unpaired) electrons. The van der Waals surface area contributed by atoms with Gasteiger partial charge >= 0.3 is 18.0 Å². The van der Waals surface area contributed by atoms with Gasteiger partial charge in [0.1, 0.15) is 63.3 Å². The molecule has 0 fully saturated rings. The molecule has 0 amide bonds. The molecule has 144 heavy (non-hydrogen) atoms. The van der Waals surface area contributed by atoms with Crippen LogP contribution in [0.25, 0.3) is 11.4 Å². The molecule has 9 rings (SSSR count). The molecular formula is C110H167ClF10N12O10S. The van der Waals surface area contributed by atoms with E-state index in [0.717, 1.165) is 95.2 Å². The lowest BCUT2D eigenvalue weighted by molar-refractivity contribution is -0.274. The van der Waals surface area contributed by atoms with E-state index in [-0.39, 0.29) is 66.1 Å². The number of aromatic amines is 1. The number of nitrogens with two attached hydrogens (primary N) is 8. The predicted octanol–water partition coefficient (Wildman–Crippen LogP) is 25.5. The van der Waals surface area contributed by atoms with Crippen molar-refractivity contribution in [1.29, 1.82) is 0 Å². The third kappa shape index (κ3) is 51.2. The van der Waals surface area contributed by atoms with Crippen molar-refractivity contribution in [2.75, 3.05) is 112 Å². The molecule has 0 atom stereocenters. The summed E-state index contributed by atoms with van der Waals surface area (Å²) in [7, 11) is 1.66. The number of hydrogen-bond donors (Lipinski definition) is 9. The zero-order chi connectivity index (χ0) is 109. The first-order valence-electron chi connectivity index (χ1n) is 48.7. The fourth-order valence-electron chi connectivity index (χ4n) is 13.3. The normalized spacial score (nSPS) is 11.9. The topological polar surface area (TPSA) is 355 Å². The third-order valence-electron chi connectivity index (χ3n) is 20.8. The number of thioether (sulfide) groups is 1. The quantitative estimate of drug-likeness (QED) is 0.0100. The Hall–Kier alpha value is -9.55. The lowest BCUT2D eigenvalue weighted by Gasteiger charge is -2.24. The Morgan fingerprint density at radius 3 is 0.986 bits per heavy atom. The van der Waals surface area contributed by atoms with Gasteiger partial charge in [-0.15, -0.1) is 23.4 Å². The van der Waals surface area contributed by atoms with Crippen molar-refractivity contribution < 1.29 is 91.3 Å². The summed E-state index contributed by atoms with van der Waals surface area (Å²) in [6.07, 6.45) is -2.74. The smallest absolute Gasteiger partial charge is 0.497 e. The summed E-state index contributed by atoms with van der Waals surface area (Å²) in [5.74, 6) is 6.79. The van der Waals surface area contributed by atoms with E-state index in [0.29, 0.717) is 169 Å². The molecule has 0 bridgehead atoms. The Labute approximate surface area is 860 Å². The number of nitrogens with one attached hydrogen (secondary N) is 1. The molecule has 0 spiro atoms. The molecule has 34 heteroatoms. The second-order valence-corrected chi connectivity index (χ2v) is 43.7. The molecule has 8 aromatic carbocycles. The van der Waals surface area contributed by atoms with Crippen LogP contribution in [0, 0.1) is 12.7 Å². The molecular weight excluding hydrogens is 1910 g/mol. The van der Waals surface area contributed by atoms with Crippen molar-refractivity contribution in [1.82, 2.24) is 20.6 Å². The minimum atomic E-state index is -4.70. The second kappa shape index (κ2) is 61.9. The Bertz CT molecular complexity index is 4890. The van der Waals surface area contributed by atoms with Gasteiger partial charge in [-0.3, -0.25) is 0 Å². The highest BCUT2D eigenvalue weighted by atomic mass is 35.5. The summed E-state index contributed by atoms with van der Waals surface area (Å²) >= 11 is 5.87. The number of rotatable bonds is 36. The molecule has 1 aromatic heterocycles. The molecule has 1 heterocycles. The number of aromatic nitrogens is 4. The van der Waals surface area contributed by atoms with E-state index in [1.54, 1.807) is 25.3 Å². The summed E-state index contributed by atoms with van der Waals surface area (Å²) in [5, 5.41) is 14.7. The minimum Gasteiger partial charge on any atom is -0.497 e. The molecule has 0 saturated heterocycles. The molecule has 0 aliphatic carbocycles. The molecule has 17 N–H and O–H groups in total. The van der Waals surface area contributed by atoms with E-state index in [1.807, 2.05) is 105 Å². The monoisotopic (exact) mass is 2070 g/mol. The van der Waals surface area contributed by atoms with Crippen molar-refractivity contribution in [2.24, 2.45) is 45.9 Å². The number of tetrazole rings is 1. The van der Waals surface area contributed by atoms with Crippen molar-refractivity contribution in [3.63, 3.8) is 0 Å². The van der Waals surface area contributed by atoms with Gasteiger partial charge in [0, 0.05) is 44.3 Å². The van der Waals surface area contributed by atoms with Crippen LogP contribution in [0.1, 0.15) is 273 Å². The molecule has 0 saturated carbocycles. The fraction of sp³-hybridized carbons (Fsp3) is 0.555. The molecule has 22 nitrogen and oxygen atoms in total. The van der Waals surface area contributed by atoms with Gasteiger partial charge in [-0.2, -0.15) is 31.6 Å². The number of benzene rings is 8. The predicted molar refractivity (Wildman–Crippen MR) is 567 cm³/mol. The van der Waals surface area contributed by atoms with E-state index < -0.39 is 29.0 Å². The Balaban J connectivity index is 0.000000557. The van der Waals surface area contributed by atoms with E-state index in [4.69, 9.17) is 100 Å². The Morgan fingerprint density at radius 1 is 0.319 bits per heavy atom. The van der Waals surface area contributed by atoms with Gasteiger partial charge in [-0.05, 0) is 295 Å². The van der Waals surface area contributed by atoms with Crippen LogP contribution in [0.4, 0.5) is 43.9 Å². The highest BCUT2D eigenvalue weighted by Crippen LogP contribution is 2.45. The van der Waals surface area contributed by atoms with Crippen LogP contribution >= 0.6 is 23.4 Å².